The number of carbonyl (C=O) groups is 1. The molecule has 0 unspecified atom stereocenters. The number of hydrogen-bond donors (Lipinski definition) is 1. The SMILES string of the molecule is O=C(N[C@H]1CN2CCC1CC2)c1ccc(-c2ccc(Sc3ccccc3)cc2)o1. The second kappa shape index (κ2) is 8.09. The number of fused-ring (bicyclic) bond motifs is 3. The highest BCUT2D eigenvalue weighted by Crippen LogP contribution is 2.31. The molecule has 2 bridgehead atoms. The average molecular weight is 405 g/mol. The Balaban J connectivity index is 1.24. The highest BCUT2D eigenvalue weighted by Gasteiger charge is 2.35. The molecular weight excluding hydrogens is 380 g/mol. The lowest BCUT2D eigenvalue weighted by Crippen LogP contribution is -2.57. The van der Waals surface area contributed by atoms with Crippen molar-refractivity contribution in [3.05, 3.63) is 72.5 Å². The van der Waals surface area contributed by atoms with E-state index in [2.05, 4.69) is 34.5 Å². The highest BCUT2D eigenvalue weighted by molar-refractivity contribution is 7.99. The summed E-state index contributed by atoms with van der Waals surface area (Å²) in [5.74, 6) is 1.61. The Morgan fingerprint density at radius 1 is 0.931 bits per heavy atom. The summed E-state index contributed by atoms with van der Waals surface area (Å²) in [7, 11) is 0. The molecule has 148 valence electrons. The van der Waals surface area contributed by atoms with Gasteiger partial charge in [0.15, 0.2) is 5.76 Å². The summed E-state index contributed by atoms with van der Waals surface area (Å²) >= 11 is 1.73. The molecule has 5 heteroatoms. The molecule has 2 aromatic carbocycles. The van der Waals surface area contributed by atoms with Gasteiger partial charge >= 0.3 is 0 Å². The number of benzene rings is 2. The zero-order valence-corrected chi connectivity index (χ0v) is 17.0. The molecule has 3 aliphatic rings. The van der Waals surface area contributed by atoms with Gasteiger partial charge in [0.05, 0.1) is 0 Å². The highest BCUT2D eigenvalue weighted by atomic mass is 32.2. The van der Waals surface area contributed by atoms with Crippen molar-refractivity contribution in [1.82, 2.24) is 10.2 Å². The predicted octanol–water partition coefficient (Wildman–Crippen LogP) is 4.92. The van der Waals surface area contributed by atoms with E-state index in [4.69, 9.17) is 4.42 Å². The first-order valence-corrected chi connectivity index (χ1v) is 11.0. The topological polar surface area (TPSA) is 45.5 Å². The number of nitrogens with zero attached hydrogens (tertiary/aromatic N) is 1. The van der Waals surface area contributed by atoms with E-state index >= 15 is 0 Å². The zero-order chi connectivity index (χ0) is 19.6. The van der Waals surface area contributed by atoms with Crippen molar-refractivity contribution in [3.8, 4) is 11.3 Å². The minimum absolute atomic E-state index is 0.105. The molecule has 3 aliphatic heterocycles. The largest absolute Gasteiger partial charge is 0.451 e. The molecule has 3 aromatic rings. The van der Waals surface area contributed by atoms with E-state index in [-0.39, 0.29) is 11.9 Å². The van der Waals surface area contributed by atoms with Gasteiger partial charge < -0.3 is 14.6 Å². The first kappa shape index (κ1) is 18.5. The van der Waals surface area contributed by atoms with E-state index in [1.807, 2.05) is 36.4 Å². The summed E-state index contributed by atoms with van der Waals surface area (Å²) < 4.78 is 5.88. The van der Waals surface area contributed by atoms with Gasteiger partial charge in [0, 0.05) is 27.9 Å². The van der Waals surface area contributed by atoms with Crippen LogP contribution >= 0.6 is 11.8 Å². The molecule has 0 saturated carbocycles. The van der Waals surface area contributed by atoms with Gasteiger partial charge in [-0.1, -0.05) is 42.1 Å². The Bertz CT molecular complexity index is 976. The Hall–Kier alpha value is -2.50. The average Bonchev–Trinajstić information content (AvgIpc) is 3.26. The van der Waals surface area contributed by atoms with Crippen molar-refractivity contribution >= 4 is 17.7 Å². The first-order chi connectivity index (χ1) is 14.2. The van der Waals surface area contributed by atoms with Crippen LogP contribution in [0.2, 0.25) is 0 Å². The van der Waals surface area contributed by atoms with E-state index in [0.717, 1.165) is 17.9 Å². The normalized spacial score (nSPS) is 23.1. The maximum Gasteiger partial charge on any atom is 0.287 e. The van der Waals surface area contributed by atoms with Crippen molar-refractivity contribution in [1.29, 1.82) is 0 Å². The zero-order valence-electron chi connectivity index (χ0n) is 16.2. The Morgan fingerprint density at radius 2 is 1.66 bits per heavy atom. The van der Waals surface area contributed by atoms with Crippen LogP contribution in [0.25, 0.3) is 11.3 Å². The fourth-order valence-corrected chi connectivity index (χ4v) is 5.13. The third kappa shape index (κ3) is 4.11. The number of rotatable bonds is 5. The number of nitrogens with one attached hydrogen (secondary N) is 1. The Morgan fingerprint density at radius 3 is 2.34 bits per heavy atom. The minimum Gasteiger partial charge on any atom is -0.451 e. The van der Waals surface area contributed by atoms with Crippen LogP contribution in [0.5, 0.6) is 0 Å². The van der Waals surface area contributed by atoms with Crippen LogP contribution in [0.3, 0.4) is 0 Å². The van der Waals surface area contributed by atoms with Gasteiger partial charge in [-0.05, 0) is 68.2 Å². The maximum atomic E-state index is 12.7. The summed E-state index contributed by atoms with van der Waals surface area (Å²) in [6, 6.07) is 22.5. The molecule has 0 spiro atoms. The molecule has 1 aromatic heterocycles. The van der Waals surface area contributed by atoms with Gasteiger partial charge in [-0.3, -0.25) is 4.79 Å². The number of carbonyl (C=O) groups excluding carboxylic acids is 1. The maximum absolute atomic E-state index is 12.7. The quantitative estimate of drug-likeness (QED) is 0.655. The Kier molecular flexibility index (Phi) is 5.17. The van der Waals surface area contributed by atoms with Crippen molar-refractivity contribution in [2.45, 2.75) is 28.7 Å². The summed E-state index contributed by atoms with van der Waals surface area (Å²) in [6.45, 7) is 3.30. The molecule has 1 atom stereocenters. The predicted molar refractivity (Wildman–Crippen MR) is 115 cm³/mol. The van der Waals surface area contributed by atoms with Crippen LogP contribution < -0.4 is 5.32 Å². The Labute approximate surface area is 175 Å². The van der Waals surface area contributed by atoms with E-state index in [0.29, 0.717) is 11.7 Å². The molecule has 4 heterocycles. The van der Waals surface area contributed by atoms with Crippen LogP contribution in [0, 0.1) is 5.92 Å². The molecule has 3 saturated heterocycles. The van der Waals surface area contributed by atoms with E-state index in [1.54, 1.807) is 17.8 Å². The van der Waals surface area contributed by atoms with Crippen molar-refractivity contribution in [2.75, 3.05) is 19.6 Å². The number of hydrogen-bond acceptors (Lipinski definition) is 4. The van der Waals surface area contributed by atoms with Crippen LogP contribution in [0.4, 0.5) is 0 Å². The fourth-order valence-electron chi connectivity index (χ4n) is 4.30. The molecule has 29 heavy (non-hydrogen) atoms. The molecular formula is C24H24N2O2S. The summed E-state index contributed by atoms with van der Waals surface area (Å²) in [5, 5.41) is 3.19. The lowest BCUT2D eigenvalue weighted by Gasteiger charge is -2.44. The molecule has 4 nitrogen and oxygen atoms in total. The molecule has 1 N–H and O–H groups in total. The summed E-state index contributed by atoms with van der Waals surface area (Å²) in [5.41, 5.74) is 0.976. The molecule has 3 fully saturated rings. The van der Waals surface area contributed by atoms with Gasteiger partial charge in [-0.2, -0.15) is 0 Å². The summed E-state index contributed by atoms with van der Waals surface area (Å²) in [6.07, 6.45) is 2.36. The van der Waals surface area contributed by atoms with Crippen LogP contribution in [0.15, 0.2) is 80.9 Å². The molecule has 6 rings (SSSR count). The van der Waals surface area contributed by atoms with Crippen LogP contribution in [-0.2, 0) is 0 Å². The molecule has 0 radical (unpaired) electrons. The number of piperidine rings is 3. The van der Waals surface area contributed by atoms with Crippen LogP contribution in [0.1, 0.15) is 23.4 Å². The van der Waals surface area contributed by atoms with Crippen molar-refractivity contribution in [2.24, 2.45) is 5.92 Å². The standard InChI is InChI=1S/C24H24N2O2S/c27-24(25-21-16-26-14-12-17(21)13-15-26)23-11-10-22(28-23)18-6-8-20(9-7-18)29-19-4-2-1-3-5-19/h1-11,17,21H,12-16H2,(H,25,27)/t21-/m0/s1. The molecule has 0 aliphatic carbocycles. The van der Waals surface area contributed by atoms with Gasteiger partial charge in [0.25, 0.3) is 5.91 Å². The number of amides is 1. The summed E-state index contributed by atoms with van der Waals surface area (Å²) in [4.78, 5) is 17.5. The van der Waals surface area contributed by atoms with Gasteiger partial charge in [0.1, 0.15) is 5.76 Å². The lowest BCUT2D eigenvalue weighted by atomic mass is 9.84. The van der Waals surface area contributed by atoms with Gasteiger partial charge in [-0.25, -0.2) is 0 Å². The smallest absolute Gasteiger partial charge is 0.287 e. The minimum atomic E-state index is -0.105. The first-order valence-electron chi connectivity index (χ1n) is 10.2. The lowest BCUT2D eigenvalue weighted by molar-refractivity contribution is 0.0606. The van der Waals surface area contributed by atoms with Crippen molar-refractivity contribution < 1.29 is 9.21 Å². The second-order valence-corrected chi connectivity index (χ2v) is 8.97. The van der Waals surface area contributed by atoms with E-state index in [1.165, 1.54) is 35.7 Å². The fraction of sp³-hybridized carbons (Fsp3) is 0.292. The van der Waals surface area contributed by atoms with Gasteiger partial charge in [-0.15, -0.1) is 0 Å². The van der Waals surface area contributed by atoms with Crippen molar-refractivity contribution in [3.63, 3.8) is 0 Å². The van der Waals surface area contributed by atoms with Gasteiger partial charge in [0.2, 0.25) is 0 Å². The van der Waals surface area contributed by atoms with E-state index in [9.17, 15) is 4.79 Å². The third-order valence-corrected chi connectivity index (χ3v) is 6.94. The number of furan rings is 1. The molecule has 1 amide bonds. The monoisotopic (exact) mass is 404 g/mol. The van der Waals surface area contributed by atoms with E-state index < -0.39 is 0 Å². The second-order valence-electron chi connectivity index (χ2n) is 7.82. The van der Waals surface area contributed by atoms with Crippen LogP contribution in [-0.4, -0.2) is 36.5 Å². The third-order valence-electron chi connectivity index (χ3n) is 5.92.